The van der Waals surface area contributed by atoms with Crippen LogP contribution in [0.15, 0.2) is 60.7 Å². The van der Waals surface area contributed by atoms with E-state index in [4.69, 9.17) is 9.53 Å². The second-order valence-electron chi connectivity index (χ2n) is 13.1. The summed E-state index contributed by atoms with van der Waals surface area (Å²) in [5.74, 6) is 0. The van der Waals surface area contributed by atoms with Gasteiger partial charge >= 0.3 is 12.1 Å². The van der Waals surface area contributed by atoms with E-state index < -0.39 is 8.32 Å². The molecule has 0 fully saturated rings. The molecule has 0 aliphatic rings. The maximum atomic E-state index is 11.8. The highest BCUT2D eigenvalue weighted by Crippen LogP contribution is 2.36. The Morgan fingerprint density at radius 1 is 0.596 bits per heavy atom. The summed E-state index contributed by atoms with van der Waals surface area (Å²) in [5.41, 5.74) is 0. The number of hydrogen-bond acceptors (Lipinski definition) is 4. The first kappa shape index (κ1) is 42.1. The molecule has 8 nitrogen and oxygen atoms in total. The Hall–Kier alpha value is -2.88. The van der Waals surface area contributed by atoms with Crippen LogP contribution in [0.3, 0.4) is 0 Å². The van der Waals surface area contributed by atoms with Gasteiger partial charge in [0.2, 0.25) is 0 Å². The van der Waals surface area contributed by atoms with Gasteiger partial charge in [-0.25, -0.2) is 9.59 Å². The van der Waals surface area contributed by atoms with E-state index in [1.807, 2.05) is 0 Å². The fourth-order valence-corrected chi connectivity index (χ4v) is 10.1. The van der Waals surface area contributed by atoms with Crippen LogP contribution in [0.25, 0.3) is 0 Å². The van der Waals surface area contributed by atoms with Crippen LogP contribution < -0.4 is 31.6 Å². The number of urea groups is 2. The molecular formula is C38H66N4O4Si. The molecular weight excluding hydrogens is 605 g/mol. The van der Waals surface area contributed by atoms with Crippen molar-refractivity contribution in [3.63, 3.8) is 0 Å². The summed E-state index contributed by atoms with van der Waals surface area (Å²) in [6, 6.07) is 21.4. The Bertz CT molecular complexity index is 1010. The van der Waals surface area contributed by atoms with E-state index in [0.29, 0.717) is 13.1 Å². The first-order valence-corrected chi connectivity index (χ1v) is 20.0. The molecule has 0 aromatic heterocycles. The molecule has 0 aliphatic heterocycles. The lowest BCUT2D eigenvalue weighted by molar-refractivity contribution is 0.239. The van der Waals surface area contributed by atoms with E-state index in [1.54, 1.807) is 0 Å². The molecule has 2 aromatic rings. The minimum absolute atomic E-state index is 0.00707. The van der Waals surface area contributed by atoms with Crippen LogP contribution in [-0.2, 0) is 4.43 Å². The summed E-state index contributed by atoms with van der Waals surface area (Å²) in [6.45, 7) is 15.1. The number of aliphatic hydroxyl groups excluding tert-OH is 1. The van der Waals surface area contributed by atoms with E-state index in [0.717, 1.165) is 83.9 Å². The number of carbonyl (C=O) groups is 2. The number of unbranched alkanes of at least 4 members (excludes halogenated alkanes) is 8. The van der Waals surface area contributed by atoms with Gasteiger partial charge in [0.25, 0.3) is 8.32 Å². The van der Waals surface area contributed by atoms with Gasteiger partial charge in [-0.2, -0.15) is 0 Å². The second kappa shape index (κ2) is 26.1. The van der Waals surface area contributed by atoms with Gasteiger partial charge < -0.3 is 30.8 Å². The Kier molecular flexibility index (Phi) is 23.4. The number of amides is 4. The molecule has 266 valence electrons. The van der Waals surface area contributed by atoms with Gasteiger partial charge in [0.1, 0.15) is 0 Å². The molecule has 9 heteroatoms. The first-order valence-electron chi connectivity index (χ1n) is 18.1. The zero-order valence-electron chi connectivity index (χ0n) is 30.2. The Balaban J connectivity index is 0.000000620. The molecule has 5 N–H and O–H groups in total. The van der Waals surface area contributed by atoms with Gasteiger partial charge in [-0.3, -0.25) is 0 Å². The van der Waals surface area contributed by atoms with Gasteiger partial charge in [-0.05, 0) is 66.8 Å². The fraction of sp³-hybridized carbons (Fsp3) is 0.632. The zero-order valence-corrected chi connectivity index (χ0v) is 31.2. The third kappa shape index (κ3) is 17.7. The van der Waals surface area contributed by atoms with Crippen LogP contribution in [0.1, 0.15) is 112 Å². The normalized spacial score (nSPS) is 11.3. The summed E-state index contributed by atoms with van der Waals surface area (Å²) >= 11 is 0. The third-order valence-corrected chi connectivity index (χ3v) is 13.1. The molecule has 0 spiro atoms. The topological polar surface area (TPSA) is 112 Å². The van der Waals surface area contributed by atoms with Crippen molar-refractivity contribution in [3.8, 4) is 0 Å². The second-order valence-corrected chi connectivity index (χ2v) is 17.4. The maximum absolute atomic E-state index is 11.8. The van der Waals surface area contributed by atoms with Crippen LogP contribution in [0, 0.1) is 0 Å². The van der Waals surface area contributed by atoms with E-state index in [2.05, 4.69) is 117 Å². The van der Waals surface area contributed by atoms with Gasteiger partial charge in [0.15, 0.2) is 0 Å². The highest BCUT2D eigenvalue weighted by molar-refractivity contribution is 6.99. The van der Waals surface area contributed by atoms with Crippen LogP contribution >= 0.6 is 0 Å². The molecule has 0 unspecified atom stereocenters. The number of nitrogens with one attached hydrogen (secondary N) is 4. The SMILES string of the molecule is CCCCCNC(=O)NCCCCCO.CCCCCNC(=O)NCCCCCO[Si](c1ccccc1)(c1ccccc1)C(C)(C)C. The smallest absolute Gasteiger partial charge is 0.314 e. The zero-order chi connectivity index (χ0) is 34.6. The van der Waals surface area contributed by atoms with Crippen molar-refractivity contribution < 1.29 is 19.1 Å². The van der Waals surface area contributed by atoms with Crippen molar-refractivity contribution in [2.75, 3.05) is 39.4 Å². The van der Waals surface area contributed by atoms with Crippen LogP contribution in [0.2, 0.25) is 5.04 Å². The van der Waals surface area contributed by atoms with Crippen molar-refractivity contribution in [1.82, 2.24) is 21.3 Å². The third-order valence-electron chi connectivity index (χ3n) is 8.09. The maximum Gasteiger partial charge on any atom is 0.314 e. The van der Waals surface area contributed by atoms with E-state index in [1.165, 1.54) is 23.2 Å². The molecule has 2 aromatic carbocycles. The van der Waals surface area contributed by atoms with Crippen LogP contribution in [0.4, 0.5) is 9.59 Å². The van der Waals surface area contributed by atoms with Crippen molar-refractivity contribution in [3.05, 3.63) is 60.7 Å². The average molecular weight is 671 g/mol. The largest absolute Gasteiger partial charge is 0.407 e. The fourth-order valence-electron chi connectivity index (χ4n) is 5.49. The summed E-state index contributed by atoms with van der Waals surface area (Å²) in [6.07, 6.45) is 12.5. The minimum Gasteiger partial charge on any atom is -0.407 e. The van der Waals surface area contributed by atoms with Crippen molar-refractivity contribution in [2.24, 2.45) is 0 Å². The molecule has 0 saturated heterocycles. The van der Waals surface area contributed by atoms with Crippen molar-refractivity contribution in [2.45, 2.75) is 117 Å². The average Bonchev–Trinajstić information content (AvgIpc) is 3.07. The summed E-state index contributed by atoms with van der Waals surface area (Å²) in [5, 5.41) is 22.7. The molecule has 47 heavy (non-hydrogen) atoms. The van der Waals surface area contributed by atoms with Gasteiger partial charge in [0, 0.05) is 39.4 Å². The molecule has 0 heterocycles. The Morgan fingerprint density at radius 3 is 1.34 bits per heavy atom. The number of aliphatic hydroxyl groups is 1. The van der Waals surface area contributed by atoms with E-state index in [-0.39, 0.29) is 23.7 Å². The standard InChI is InChI=1S/C27H42N2O2Si.C11H24N2O2/c1-5-6-14-21-28-26(30)29-22-15-9-16-23-31-32(27(2,3)4,24-17-10-7-11-18-24)25-19-12-8-13-20-25;1-2-3-5-8-12-11(15)13-9-6-4-7-10-14/h7-8,10-13,17-20H,5-6,9,14-16,21-23H2,1-4H3,(H2,28,29,30);14H,2-10H2,1H3,(H2,12,13,15). The number of hydrogen-bond donors (Lipinski definition) is 5. The highest BCUT2D eigenvalue weighted by Gasteiger charge is 2.49. The van der Waals surface area contributed by atoms with Gasteiger partial charge in [-0.15, -0.1) is 0 Å². The van der Waals surface area contributed by atoms with Crippen molar-refractivity contribution in [1.29, 1.82) is 0 Å². The Morgan fingerprint density at radius 2 is 0.979 bits per heavy atom. The van der Waals surface area contributed by atoms with Crippen LogP contribution in [0.5, 0.6) is 0 Å². The number of rotatable bonds is 22. The lowest BCUT2D eigenvalue weighted by atomic mass is 10.2. The van der Waals surface area contributed by atoms with Gasteiger partial charge in [-0.1, -0.05) is 121 Å². The molecule has 2 rings (SSSR count). The summed E-state index contributed by atoms with van der Waals surface area (Å²) in [7, 11) is -2.44. The predicted molar refractivity (Wildman–Crippen MR) is 200 cm³/mol. The lowest BCUT2D eigenvalue weighted by Gasteiger charge is -2.43. The monoisotopic (exact) mass is 670 g/mol. The van der Waals surface area contributed by atoms with Crippen LogP contribution in [-0.4, -0.2) is 64.9 Å². The lowest BCUT2D eigenvalue weighted by Crippen LogP contribution is -2.66. The summed E-state index contributed by atoms with van der Waals surface area (Å²) in [4.78, 5) is 23.0. The van der Waals surface area contributed by atoms with E-state index in [9.17, 15) is 9.59 Å². The Labute approximate surface area is 287 Å². The molecule has 0 aliphatic carbocycles. The van der Waals surface area contributed by atoms with E-state index >= 15 is 0 Å². The first-order chi connectivity index (χ1) is 22.7. The molecule has 0 radical (unpaired) electrons. The predicted octanol–water partition coefficient (Wildman–Crippen LogP) is 6.86. The summed E-state index contributed by atoms with van der Waals surface area (Å²) < 4.78 is 6.91. The minimum atomic E-state index is -2.44. The molecule has 0 saturated carbocycles. The molecule has 0 atom stereocenters. The quantitative estimate of drug-likeness (QED) is 0.0696. The van der Waals surface area contributed by atoms with Crippen molar-refractivity contribution >= 4 is 30.8 Å². The number of benzene rings is 2. The number of carbonyl (C=O) groups excluding carboxylic acids is 2. The van der Waals surface area contributed by atoms with Gasteiger partial charge in [0.05, 0.1) is 0 Å². The molecule has 0 bridgehead atoms. The molecule has 4 amide bonds. The highest BCUT2D eigenvalue weighted by atomic mass is 28.4.